The first-order valence-electron chi connectivity index (χ1n) is 4.37. The van der Waals surface area contributed by atoms with Crippen LogP contribution in [0.1, 0.15) is 18.9 Å². The highest BCUT2D eigenvalue weighted by Gasteiger charge is 2.15. The molecular weight excluding hydrogens is 163 g/mol. The summed E-state index contributed by atoms with van der Waals surface area (Å²) in [5.41, 5.74) is 1.43. The lowest BCUT2D eigenvalue weighted by atomic mass is 9.74. The van der Waals surface area contributed by atoms with Crippen LogP contribution in [0.5, 0.6) is 0 Å². The van der Waals surface area contributed by atoms with Crippen molar-refractivity contribution >= 4 is 12.6 Å². The van der Waals surface area contributed by atoms with E-state index in [1.807, 2.05) is 43.3 Å². The van der Waals surface area contributed by atoms with E-state index >= 15 is 0 Å². The molecule has 0 heterocycles. The van der Waals surface area contributed by atoms with E-state index in [9.17, 15) is 0 Å². The molecule has 1 aromatic carbocycles. The molecule has 0 spiro atoms. The van der Waals surface area contributed by atoms with Crippen LogP contribution in [0.25, 0.3) is 5.47 Å². The first-order valence-corrected chi connectivity index (χ1v) is 4.37. The largest absolute Gasteiger partial charge is 0.488 e. The second-order valence-corrected chi connectivity index (χ2v) is 2.81. The Kier molecular flexibility index (Phi) is 3.74. The van der Waals surface area contributed by atoms with Gasteiger partial charge in [0.2, 0.25) is 0 Å². The van der Waals surface area contributed by atoms with Gasteiger partial charge in [0.1, 0.15) is 0 Å². The molecule has 0 radical (unpaired) electrons. The molecule has 1 rings (SSSR count). The normalized spacial score (nSPS) is 11.5. The highest BCUT2D eigenvalue weighted by molar-refractivity contribution is 6.65. The fourth-order valence-electron chi connectivity index (χ4n) is 1.22. The smallest absolute Gasteiger partial charge is 0.423 e. The van der Waals surface area contributed by atoms with Crippen LogP contribution in [0, 0.1) is 0 Å². The van der Waals surface area contributed by atoms with Crippen molar-refractivity contribution in [1.29, 1.82) is 0 Å². The van der Waals surface area contributed by atoms with Gasteiger partial charge in [-0.1, -0.05) is 43.3 Å². The molecule has 13 heavy (non-hydrogen) atoms. The molecule has 68 valence electrons. The third kappa shape index (κ3) is 2.72. The van der Waals surface area contributed by atoms with Crippen LogP contribution < -0.4 is 0 Å². The van der Waals surface area contributed by atoms with E-state index in [0.29, 0.717) is 5.47 Å². The summed E-state index contributed by atoms with van der Waals surface area (Å²) >= 11 is 0. The van der Waals surface area contributed by atoms with E-state index in [2.05, 4.69) is 0 Å². The number of rotatable bonds is 3. The van der Waals surface area contributed by atoms with Crippen molar-refractivity contribution in [2.75, 3.05) is 0 Å². The van der Waals surface area contributed by atoms with Crippen LogP contribution in [0.4, 0.5) is 0 Å². The van der Waals surface area contributed by atoms with E-state index in [-0.39, 0.29) is 0 Å². The fourth-order valence-corrected chi connectivity index (χ4v) is 1.22. The average molecular weight is 176 g/mol. The van der Waals surface area contributed by atoms with Crippen LogP contribution in [0.2, 0.25) is 0 Å². The number of hydrogen-bond acceptors (Lipinski definition) is 2. The minimum Gasteiger partial charge on any atom is -0.423 e. The summed E-state index contributed by atoms with van der Waals surface area (Å²) in [5, 5.41) is 18.2. The summed E-state index contributed by atoms with van der Waals surface area (Å²) in [5.74, 6) is 0. The van der Waals surface area contributed by atoms with Crippen molar-refractivity contribution in [2.45, 2.75) is 13.3 Å². The lowest BCUT2D eigenvalue weighted by Gasteiger charge is -2.05. The molecule has 0 aliphatic rings. The Morgan fingerprint density at radius 2 is 1.92 bits per heavy atom. The van der Waals surface area contributed by atoms with Gasteiger partial charge in [0.15, 0.2) is 0 Å². The molecule has 2 nitrogen and oxygen atoms in total. The highest BCUT2D eigenvalue weighted by Crippen LogP contribution is 2.15. The maximum absolute atomic E-state index is 9.08. The Labute approximate surface area is 78.7 Å². The van der Waals surface area contributed by atoms with Crippen molar-refractivity contribution in [1.82, 2.24) is 0 Å². The van der Waals surface area contributed by atoms with Crippen molar-refractivity contribution in [3.8, 4) is 0 Å². The molecule has 0 unspecified atom stereocenters. The fraction of sp³-hybridized carbons (Fsp3) is 0.200. The van der Waals surface area contributed by atoms with E-state index < -0.39 is 7.12 Å². The van der Waals surface area contributed by atoms with Gasteiger partial charge < -0.3 is 10.0 Å². The summed E-state index contributed by atoms with van der Waals surface area (Å²) in [7, 11) is -1.39. The minimum atomic E-state index is -1.39. The average Bonchev–Trinajstić information content (AvgIpc) is 2.15. The molecule has 0 bridgehead atoms. The summed E-state index contributed by atoms with van der Waals surface area (Å²) in [6.45, 7) is 1.96. The lowest BCUT2D eigenvalue weighted by Crippen LogP contribution is -2.14. The Hall–Kier alpha value is -1.06. The van der Waals surface area contributed by atoms with Gasteiger partial charge in [-0.2, -0.15) is 0 Å². The van der Waals surface area contributed by atoms with Crippen molar-refractivity contribution < 1.29 is 10.0 Å². The predicted octanol–water partition coefficient (Wildman–Crippen LogP) is 1.49. The molecule has 2 N–H and O–H groups in total. The van der Waals surface area contributed by atoms with Crippen LogP contribution in [-0.4, -0.2) is 17.2 Å². The number of benzene rings is 1. The zero-order valence-corrected chi connectivity index (χ0v) is 7.64. The Bertz CT molecular complexity index is 280. The summed E-state index contributed by atoms with van der Waals surface area (Å²) in [6, 6.07) is 9.38. The molecule has 0 saturated heterocycles. The Balaban J connectivity index is 2.96. The summed E-state index contributed by atoms with van der Waals surface area (Å²) in [6.07, 6.45) is 2.61. The molecule has 0 aromatic heterocycles. The highest BCUT2D eigenvalue weighted by atomic mass is 16.4. The topological polar surface area (TPSA) is 40.5 Å². The molecule has 0 fully saturated rings. The quantitative estimate of drug-likeness (QED) is 0.685. The molecule has 0 aliphatic heterocycles. The SMILES string of the molecule is CC/C=C(/B(O)O)c1ccccc1. The van der Waals surface area contributed by atoms with Crippen LogP contribution in [-0.2, 0) is 0 Å². The van der Waals surface area contributed by atoms with E-state index in [0.717, 1.165) is 12.0 Å². The van der Waals surface area contributed by atoms with Gasteiger partial charge in [0, 0.05) is 0 Å². The van der Waals surface area contributed by atoms with Crippen LogP contribution in [0.15, 0.2) is 36.4 Å². The molecule has 1 aromatic rings. The third-order valence-electron chi connectivity index (χ3n) is 1.81. The molecular formula is C10H13BO2. The van der Waals surface area contributed by atoms with Crippen molar-refractivity contribution in [3.63, 3.8) is 0 Å². The molecule has 0 aliphatic carbocycles. The van der Waals surface area contributed by atoms with Gasteiger partial charge >= 0.3 is 7.12 Å². The maximum Gasteiger partial charge on any atom is 0.488 e. The van der Waals surface area contributed by atoms with Crippen molar-refractivity contribution in [2.24, 2.45) is 0 Å². The zero-order chi connectivity index (χ0) is 9.68. The molecule has 0 amide bonds. The van der Waals surface area contributed by atoms with Gasteiger partial charge in [-0.25, -0.2) is 0 Å². The minimum absolute atomic E-state index is 0.572. The van der Waals surface area contributed by atoms with Gasteiger partial charge in [0.05, 0.1) is 0 Å². The zero-order valence-electron chi connectivity index (χ0n) is 7.64. The monoisotopic (exact) mass is 176 g/mol. The predicted molar refractivity (Wildman–Crippen MR) is 54.9 cm³/mol. The summed E-state index contributed by atoms with van der Waals surface area (Å²) in [4.78, 5) is 0. The van der Waals surface area contributed by atoms with Crippen LogP contribution in [0.3, 0.4) is 0 Å². The third-order valence-corrected chi connectivity index (χ3v) is 1.81. The summed E-state index contributed by atoms with van der Waals surface area (Å²) < 4.78 is 0. The van der Waals surface area contributed by atoms with Gasteiger partial charge in [-0.05, 0) is 17.5 Å². The second-order valence-electron chi connectivity index (χ2n) is 2.81. The molecule has 0 atom stereocenters. The lowest BCUT2D eigenvalue weighted by molar-refractivity contribution is 0.427. The standard InChI is InChI=1S/C10H13BO2/c1-2-6-10(11(12)13)9-7-4-3-5-8-9/h3-8,12-13H,2H2,1H3/b10-6+. The van der Waals surface area contributed by atoms with Gasteiger partial charge in [-0.3, -0.25) is 0 Å². The second kappa shape index (κ2) is 4.85. The first kappa shape index (κ1) is 10.0. The van der Waals surface area contributed by atoms with E-state index in [1.54, 1.807) is 0 Å². The Morgan fingerprint density at radius 3 is 2.38 bits per heavy atom. The van der Waals surface area contributed by atoms with Gasteiger partial charge in [-0.15, -0.1) is 0 Å². The van der Waals surface area contributed by atoms with Crippen LogP contribution >= 0.6 is 0 Å². The maximum atomic E-state index is 9.08. The molecule has 0 saturated carbocycles. The number of hydrogen-bond donors (Lipinski definition) is 2. The number of allylic oxidation sites excluding steroid dienone is 1. The van der Waals surface area contributed by atoms with E-state index in [4.69, 9.17) is 10.0 Å². The van der Waals surface area contributed by atoms with Crippen molar-refractivity contribution in [3.05, 3.63) is 42.0 Å². The van der Waals surface area contributed by atoms with Gasteiger partial charge in [0.25, 0.3) is 0 Å². The van der Waals surface area contributed by atoms with E-state index in [1.165, 1.54) is 0 Å². The Morgan fingerprint density at radius 1 is 1.31 bits per heavy atom. The molecule has 3 heteroatoms. The first-order chi connectivity index (χ1) is 6.25.